The third-order valence-corrected chi connectivity index (χ3v) is 5.02. The third-order valence-electron chi connectivity index (χ3n) is 5.02. The van der Waals surface area contributed by atoms with E-state index in [1.54, 1.807) is 12.1 Å². The predicted molar refractivity (Wildman–Crippen MR) is 120 cm³/mol. The van der Waals surface area contributed by atoms with Crippen molar-refractivity contribution in [3.05, 3.63) is 42.0 Å². The van der Waals surface area contributed by atoms with Crippen LogP contribution in [0, 0.1) is 0 Å². The first kappa shape index (κ1) is 21.8. The molecule has 0 aromatic heterocycles. The lowest BCUT2D eigenvalue weighted by Gasteiger charge is -2.30. The van der Waals surface area contributed by atoms with Crippen molar-refractivity contribution in [3.8, 4) is 17.2 Å². The quantitative estimate of drug-likeness (QED) is 0.619. The molecule has 0 unspecified atom stereocenters. The number of amides is 1. The lowest BCUT2D eigenvalue weighted by molar-refractivity contribution is 0.102. The third kappa shape index (κ3) is 5.17. The monoisotopic (exact) mass is 412 g/mol. The van der Waals surface area contributed by atoms with Crippen LogP contribution in [0.15, 0.2) is 36.4 Å². The topological polar surface area (TPSA) is 60.0 Å². The Morgan fingerprint density at radius 2 is 1.50 bits per heavy atom. The minimum atomic E-state index is -0.204. The molecule has 1 N–H and O–H groups in total. The van der Waals surface area contributed by atoms with Gasteiger partial charge in [0.2, 0.25) is 5.75 Å². The summed E-state index contributed by atoms with van der Waals surface area (Å²) in [5.74, 6) is 1.36. The van der Waals surface area contributed by atoms with Crippen LogP contribution in [-0.2, 0) is 0 Å². The number of benzene rings is 2. The van der Waals surface area contributed by atoms with Crippen molar-refractivity contribution in [3.63, 3.8) is 0 Å². The highest BCUT2D eigenvalue weighted by molar-refractivity contribution is 6.06. The highest BCUT2D eigenvalue weighted by Gasteiger charge is 2.20. The zero-order valence-corrected chi connectivity index (χ0v) is 18.2. The van der Waals surface area contributed by atoms with Gasteiger partial charge in [0, 0.05) is 18.7 Å². The van der Waals surface area contributed by atoms with Crippen LogP contribution in [0.25, 0.3) is 0 Å². The summed E-state index contributed by atoms with van der Waals surface area (Å²) in [4.78, 5) is 15.5. The summed E-state index contributed by atoms with van der Waals surface area (Å²) in [6.45, 7) is 9.15. The number of nitrogens with zero attached hydrogens (tertiary/aromatic N) is 1. The summed E-state index contributed by atoms with van der Waals surface area (Å²) in [6.07, 6.45) is 3.62. The van der Waals surface area contributed by atoms with Crippen LogP contribution in [0.4, 0.5) is 11.4 Å². The molecule has 0 saturated carbocycles. The van der Waals surface area contributed by atoms with Crippen LogP contribution >= 0.6 is 0 Å². The fraction of sp³-hybridized carbons (Fsp3) is 0.458. The van der Waals surface area contributed by atoms with Crippen molar-refractivity contribution >= 4 is 17.3 Å². The number of anilines is 2. The standard InChI is InChI=1S/C24H32N2O4/c1-4-28-21-16-18(17-22(29-5-2)23(21)30-6-3)24(27)25-19-12-8-9-13-20(19)26-14-10-7-11-15-26/h8-9,12-13,16-17H,4-7,10-11,14-15H2,1-3H3,(H,25,27). The first-order chi connectivity index (χ1) is 14.7. The van der Waals surface area contributed by atoms with Gasteiger partial charge in [-0.15, -0.1) is 0 Å². The van der Waals surface area contributed by atoms with Gasteiger partial charge in [-0.1, -0.05) is 12.1 Å². The molecule has 162 valence electrons. The molecule has 1 aliphatic heterocycles. The molecule has 0 aliphatic carbocycles. The predicted octanol–water partition coefficient (Wildman–Crippen LogP) is 5.13. The number of hydrogen-bond acceptors (Lipinski definition) is 5. The van der Waals surface area contributed by atoms with Crippen LogP contribution in [0.3, 0.4) is 0 Å². The van der Waals surface area contributed by atoms with Crippen LogP contribution in [0.1, 0.15) is 50.4 Å². The van der Waals surface area contributed by atoms with Crippen molar-refractivity contribution in [2.75, 3.05) is 43.1 Å². The number of hydrogen-bond donors (Lipinski definition) is 1. The van der Waals surface area contributed by atoms with Gasteiger partial charge in [-0.3, -0.25) is 4.79 Å². The maximum Gasteiger partial charge on any atom is 0.255 e. The second-order valence-electron chi connectivity index (χ2n) is 7.12. The maximum absolute atomic E-state index is 13.1. The molecule has 0 spiro atoms. The van der Waals surface area contributed by atoms with Crippen LogP contribution < -0.4 is 24.4 Å². The van der Waals surface area contributed by atoms with Gasteiger partial charge in [-0.05, 0) is 64.3 Å². The van der Waals surface area contributed by atoms with Crippen LogP contribution in [0.5, 0.6) is 17.2 Å². The van der Waals surface area contributed by atoms with Crippen molar-refractivity contribution in [2.45, 2.75) is 40.0 Å². The maximum atomic E-state index is 13.1. The second-order valence-corrected chi connectivity index (χ2v) is 7.12. The lowest BCUT2D eigenvalue weighted by Crippen LogP contribution is -2.30. The molecular formula is C24H32N2O4. The summed E-state index contributed by atoms with van der Waals surface area (Å²) >= 11 is 0. The number of nitrogens with one attached hydrogen (secondary N) is 1. The Hall–Kier alpha value is -2.89. The molecule has 0 atom stereocenters. The smallest absolute Gasteiger partial charge is 0.255 e. The van der Waals surface area contributed by atoms with Gasteiger partial charge in [0.1, 0.15) is 0 Å². The van der Waals surface area contributed by atoms with E-state index >= 15 is 0 Å². The highest BCUT2D eigenvalue weighted by atomic mass is 16.5. The second kappa shape index (κ2) is 10.8. The van der Waals surface area contributed by atoms with Crippen molar-refractivity contribution in [1.29, 1.82) is 0 Å². The minimum Gasteiger partial charge on any atom is -0.490 e. The molecule has 0 bridgehead atoms. The fourth-order valence-electron chi connectivity index (χ4n) is 3.70. The van der Waals surface area contributed by atoms with Crippen molar-refractivity contribution in [1.82, 2.24) is 0 Å². The summed E-state index contributed by atoms with van der Waals surface area (Å²) in [5, 5.41) is 3.08. The van der Waals surface area contributed by atoms with Crippen LogP contribution in [0.2, 0.25) is 0 Å². The Bertz CT molecular complexity index is 820. The minimum absolute atomic E-state index is 0.204. The van der Waals surface area contributed by atoms with E-state index in [0.717, 1.165) is 24.5 Å². The molecule has 0 radical (unpaired) electrons. The van der Waals surface area contributed by atoms with E-state index in [9.17, 15) is 4.79 Å². The summed E-state index contributed by atoms with van der Waals surface area (Å²) in [7, 11) is 0. The zero-order valence-electron chi connectivity index (χ0n) is 18.2. The first-order valence-electron chi connectivity index (χ1n) is 10.9. The molecule has 1 fully saturated rings. The molecule has 30 heavy (non-hydrogen) atoms. The normalized spacial score (nSPS) is 13.6. The number of ether oxygens (including phenoxy) is 3. The van der Waals surface area contributed by atoms with E-state index in [1.165, 1.54) is 19.3 Å². The van der Waals surface area contributed by atoms with E-state index < -0.39 is 0 Å². The molecule has 1 amide bonds. The van der Waals surface area contributed by atoms with Gasteiger partial charge in [0.15, 0.2) is 11.5 Å². The molecule has 3 rings (SSSR count). The summed E-state index contributed by atoms with van der Waals surface area (Å²) in [6, 6.07) is 11.4. The molecule has 1 heterocycles. The Kier molecular flexibility index (Phi) is 7.82. The van der Waals surface area contributed by atoms with Gasteiger partial charge in [-0.2, -0.15) is 0 Å². The van der Waals surface area contributed by atoms with E-state index in [4.69, 9.17) is 14.2 Å². The SMILES string of the molecule is CCOc1cc(C(=O)Nc2ccccc2N2CCCCC2)cc(OCC)c1OCC. The summed E-state index contributed by atoms with van der Waals surface area (Å²) < 4.78 is 17.2. The number of piperidine rings is 1. The van der Waals surface area contributed by atoms with E-state index in [0.29, 0.717) is 42.6 Å². The average Bonchev–Trinajstić information content (AvgIpc) is 2.77. The fourth-order valence-corrected chi connectivity index (χ4v) is 3.70. The molecular weight excluding hydrogens is 380 g/mol. The molecule has 1 aliphatic rings. The van der Waals surface area contributed by atoms with Crippen molar-refractivity contribution < 1.29 is 19.0 Å². The Balaban J connectivity index is 1.90. The van der Waals surface area contributed by atoms with E-state index in [2.05, 4.69) is 16.3 Å². The van der Waals surface area contributed by atoms with Gasteiger partial charge >= 0.3 is 0 Å². The average molecular weight is 413 g/mol. The van der Waals surface area contributed by atoms with Gasteiger partial charge < -0.3 is 24.4 Å². The largest absolute Gasteiger partial charge is 0.490 e. The lowest BCUT2D eigenvalue weighted by atomic mass is 10.1. The molecule has 2 aromatic carbocycles. The molecule has 6 heteroatoms. The Morgan fingerprint density at radius 1 is 0.900 bits per heavy atom. The summed E-state index contributed by atoms with van der Waals surface area (Å²) in [5.41, 5.74) is 2.35. The molecule has 6 nitrogen and oxygen atoms in total. The van der Waals surface area contributed by atoms with Gasteiger partial charge in [0.05, 0.1) is 31.2 Å². The number of para-hydroxylation sites is 2. The number of carbonyl (C=O) groups excluding carboxylic acids is 1. The van der Waals surface area contributed by atoms with Crippen molar-refractivity contribution in [2.24, 2.45) is 0 Å². The molecule has 2 aromatic rings. The zero-order chi connectivity index (χ0) is 21.3. The van der Waals surface area contributed by atoms with Gasteiger partial charge in [-0.25, -0.2) is 0 Å². The Morgan fingerprint density at radius 3 is 2.10 bits per heavy atom. The number of rotatable bonds is 9. The Labute approximate surface area is 179 Å². The van der Waals surface area contributed by atoms with E-state index in [1.807, 2.05) is 39.0 Å². The van der Waals surface area contributed by atoms with E-state index in [-0.39, 0.29) is 5.91 Å². The van der Waals surface area contributed by atoms with Gasteiger partial charge in [0.25, 0.3) is 5.91 Å². The highest BCUT2D eigenvalue weighted by Crippen LogP contribution is 2.39. The van der Waals surface area contributed by atoms with Crippen LogP contribution in [-0.4, -0.2) is 38.8 Å². The molecule has 1 saturated heterocycles. The first-order valence-corrected chi connectivity index (χ1v) is 10.9. The number of carbonyl (C=O) groups is 1.